The monoisotopic (exact) mass is 341 g/mol. The van der Waals surface area contributed by atoms with Crippen LogP contribution in [0.1, 0.15) is 19.3 Å². The van der Waals surface area contributed by atoms with Crippen LogP contribution in [0.3, 0.4) is 0 Å². The Morgan fingerprint density at radius 2 is 2.21 bits per heavy atom. The first-order valence-corrected chi connectivity index (χ1v) is 8.76. The molecule has 0 spiro atoms. The summed E-state index contributed by atoms with van der Waals surface area (Å²) in [6.07, 6.45) is 8.65. The highest BCUT2D eigenvalue weighted by molar-refractivity contribution is 7.15. The molecule has 122 valence electrons. The number of allylic oxidation sites excluding steroid dienone is 2. The topological polar surface area (TPSA) is 46.4 Å². The zero-order valence-corrected chi connectivity index (χ0v) is 13.7. The fourth-order valence-corrected chi connectivity index (χ4v) is 3.71. The molecule has 0 bridgehead atoms. The molecule has 4 nitrogen and oxygen atoms in total. The molecule has 0 radical (unpaired) electrons. The minimum atomic E-state index is -0.293. The molecule has 1 N–H and O–H groups in total. The Labute approximate surface area is 142 Å². The van der Waals surface area contributed by atoms with E-state index in [1.807, 2.05) is 16.0 Å². The number of benzene rings is 1. The highest BCUT2D eigenvalue weighted by Gasteiger charge is 2.19. The number of hydrogen-bond donors (Lipinski definition) is 1. The van der Waals surface area contributed by atoms with Crippen molar-refractivity contribution in [3.63, 3.8) is 0 Å². The quantitative estimate of drug-likeness (QED) is 0.710. The van der Waals surface area contributed by atoms with Crippen molar-refractivity contribution in [3.05, 3.63) is 53.8 Å². The fourth-order valence-electron chi connectivity index (χ4n) is 3.00. The summed E-state index contributed by atoms with van der Waals surface area (Å²) in [6, 6.07) is 6.16. The summed E-state index contributed by atoms with van der Waals surface area (Å²) in [6.45, 7) is 0. The van der Waals surface area contributed by atoms with Gasteiger partial charge in [0.05, 0.1) is 0 Å². The molecule has 0 fully saturated rings. The first-order valence-electron chi connectivity index (χ1n) is 7.89. The van der Waals surface area contributed by atoms with Gasteiger partial charge in [-0.25, -0.2) is 9.37 Å². The Hall–Kier alpha value is -2.47. The van der Waals surface area contributed by atoms with E-state index < -0.39 is 0 Å². The summed E-state index contributed by atoms with van der Waals surface area (Å²) in [7, 11) is 0. The highest BCUT2D eigenvalue weighted by Crippen LogP contribution is 2.31. The number of rotatable bonds is 4. The third kappa shape index (κ3) is 2.85. The standard InChI is InChI=1S/C18H16FN3OS/c19-14-7-5-13(6-8-14)16-17(22-9-10-24-18(22)21-16)20-15(23)11-12-3-1-2-4-12/h1,3,5-10,12H,2,4,11H2,(H,20,23)/t12-/m0/s1. The summed E-state index contributed by atoms with van der Waals surface area (Å²) in [5, 5.41) is 4.92. The number of carbonyl (C=O) groups excluding carboxylic acids is 1. The van der Waals surface area contributed by atoms with Gasteiger partial charge in [-0.2, -0.15) is 0 Å². The Morgan fingerprint density at radius 3 is 2.96 bits per heavy atom. The van der Waals surface area contributed by atoms with Gasteiger partial charge in [-0.1, -0.05) is 12.2 Å². The number of nitrogens with zero attached hydrogens (tertiary/aromatic N) is 2. The lowest BCUT2D eigenvalue weighted by Gasteiger charge is -2.10. The number of hydrogen-bond acceptors (Lipinski definition) is 3. The van der Waals surface area contributed by atoms with Gasteiger partial charge in [0.1, 0.15) is 17.3 Å². The summed E-state index contributed by atoms with van der Waals surface area (Å²) in [5.74, 6) is 0.635. The van der Waals surface area contributed by atoms with Gasteiger partial charge in [-0.05, 0) is 43.0 Å². The van der Waals surface area contributed by atoms with E-state index in [1.165, 1.54) is 23.5 Å². The van der Waals surface area contributed by atoms with Crippen LogP contribution in [0.2, 0.25) is 0 Å². The average molecular weight is 341 g/mol. The van der Waals surface area contributed by atoms with Crippen LogP contribution in [-0.2, 0) is 4.79 Å². The van der Waals surface area contributed by atoms with Gasteiger partial charge in [0, 0.05) is 23.6 Å². The maximum absolute atomic E-state index is 13.2. The second-order valence-electron chi connectivity index (χ2n) is 5.89. The largest absolute Gasteiger partial charge is 0.310 e. The second-order valence-corrected chi connectivity index (χ2v) is 6.76. The number of anilines is 1. The van der Waals surface area contributed by atoms with Crippen molar-refractivity contribution < 1.29 is 9.18 Å². The molecule has 2 heterocycles. The number of imidazole rings is 1. The second kappa shape index (κ2) is 6.20. The number of halogens is 1. The number of fused-ring (bicyclic) bond motifs is 1. The molecule has 1 atom stereocenters. The lowest BCUT2D eigenvalue weighted by atomic mass is 10.1. The molecular formula is C18H16FN3OS. The first-order chi connectivity index (χ1) is 11.7. The Morgan fingerprint density at radius 1 is 1.38 bits per heavy atom. The minimum Gasteiger partial charge on any atom is -0.310 e. The number of carbonyl (C=O) groups is 1. The molecule has 24 heavy (non-hydrogen) atoms. The molecule has 1 aromatic carbocycles. The van der Waals surface area contributed by atoms with Gasteiger partial charge in [-0.3, -0.25) is 9.20 Å². The summed E-state index contributed by atoms with van der Waals surface area (Å²) >= 11 is 1.50. The Bertz CT molecular complexity index is 910. The Balaban J connectivity index is 1.66. The lowest BCUT2D eigenvalue weighted by Crippen LogP contribution is -2.16. The fraction of sp³-hybridized carbons (Fsp3) is 0.222. The normalized spacial score (nSPS) is 16.8. The van der Waals surface area contributed by atoms with Crippen LogP contribution in [0.5, 0.6) is 0 Å². The van der Waals surface area contributed by atoms with Crippen molar-refractivity contribution >= 4 is 28.0 Å². The van der Waals surface area contributed by atoms with Gasteiger partial charge in [0.25, 0.3) is 0 Å². The predicted molar refractivity (Wildman–Crippen MR) is 93.6 cm³/mol. The molecule has 3 aromatic rings. The third-order valence-electron chi connectivity index (χ3n) is 4.20. The van der Waals surface area contributed by atoms with Crippen molar-refractivity contribution in [1.82, 2.24) is 9.38 Å². The summed E-state index contributed by atoms with van der Waals surface area (Å²) < 4.78 is 15.1. The van der Waals surface area contributed by atoms with Crippen LogP contribution >= 0.6 is 11.3 Å². The SMILES string of the molecule is O=C(C[C@H]1C=CCC1)Nc1c(-c2ccc(F)cc2)nc2sccn12. The smallest absolute Gasteiger partial charge is 0.226 e. The number of amides is 1. The van der Waals surface area contributed by atoms with Crippen molar-refractivity contribution in [2.75, 3.05) is 5.32 Å². The molecule has 0 saturated heterocycles. The van der Waals surface area contributed by atoms with E-state index in [4.69, 9.17) is 0 Å². The van der Waals surface area contributed by atoms with Gasteiger partial charge < -0.3 is 5.32 Å². The van der Waals surface area contributed by atoms with E-state index in [0.29, 0.717) is 23.9 Å². The molecular weight excluding hydrogens is 325 g/mol. The van der Waals surface area contributed by atoms with E-state index in [2.05, 4.69) is 22.5 Å². The number of nitrogens with one attached hydrogen (secondary N) is 1. The van der Waals surface area contributed by atoms with Gasteiger partial charge in [-0.15, -0.1) is 11.3 Å². The first kappa shape index (κ1) is 15.1. The molecule has 4 rings (SSSR count). The zero-order valence-electron chi connectivity index (χ0n) is 12.9. The third-order valence-corrected chi connectivity index (χ3v) is 4.95. The number of thiazole rings is 1. The van der Waals surface area contributed by atoms with E-state index in [1.54, 1.807) is 12.1 Å². The molecule has 1 aliphatic rings. The molecule has 2 aromatic heterocycles. The van der Waals surface area contributed by atoms with E-state index >= 15 is 0 Å². The van der Waals surface area contributed by atoms with Crippen LogP contribution in [-0.4, -0.2) is 15.3 Å². The molecule has 0 aliphatic heterocycles. The maximum atomic E-state index is 13.2. The van der Waals surface area contributed by atoms with Crippen molar-refractivity contribution in [2.45, 2.75) is 19.3 Å². The predicted octanol–water partition coefficient (Wildman–Crippen LogP) is 4.50. The van der Waals surface area contributed by atoms with Gasteiger partial charge in [0.15, 0.2) is 4.96 Å². The van der Waals surface area contributed by atoms with E-state index in [0.717, 1.165) is 23.4 Å². The molecule has 0 unspecified atom stereocenters. The molecule has 6 heteroatoms. The van der Waals surface area contributed by atoms with Crippen molar-refractivity contribution in [1.29, 1.82) is 0 Å². The molecule has 0 saturated carbocycles. The van der Waals surface area contributed by atoms with Gasteiger partial charge >= 0.3 is 0 Å². The number of aromatic nitrogens is 2. The van der Waals surface area contributed by atoms with Crippen LogP contribution in [0, 0.1) is 11.7 Å². The van der Waals surface area contributed by atoms with E-state index in [-0.39, 0.29) is 11.7 Å². The van der Waals surface area contributed by atoms with Crippen LogP contribution in [0.25, 0.3) is 16.2 Å². The molecule has 1 amide bonds. The van der Waals surface area contributed by atoms with Crippen LogP contribution in [0.4, 0.5) is 10.2 Å². The summed E-state index contributed by atoms with van der Waals surface area (Å²) in [4.78, 5) is 17.8. The summed E-state index contributed by atoms with van der Waals surface area (Å²) in [5.41, 5.74) is 1.44. The Kier molecular flexibility index (Phi) is 3.90. The zero-order chi connectivity index (χ0) is 16.5. The van der Waals surface area contributed by atoms with E-state index in [9.17, 15) is 9.18 Å². The van der Waals surface area contributed by atoms with Gasteiger partial charge in [0.2, 0.25) is 5.91 Å². The lowest BCUT2D eigenvalue weighted by molar-refractivity contribution is -0.116. The van der Waals surface area contributed by atoms with Crippen molar-refractivity contribution in [3.8, 4) is 11.3 Å². The van der Waals surface area contributed by atoms with Crippen LogP contribution in [0.15, 0.2) is 48.0 Å². The average Bonchev–Trinajstić information content (AvgIpc) is 3.27. The van der Waals surface area contributed by atoms with Crippen molar-refractivity contribution in [2.24, 2.45) is 5.92 Å². The highest BCUT2D eigenvalue weighted by atomic mass is 32.1. The minimum absolute atomic E-state index is 0.0251. The maximum Gasteiger partial charge on any atom is 0.226 e. The van der Waals surface area contributed by atoms with Crippen LogP contribution < -0.4 is 5.32 Å². The molecule has 1 aliphatic carbocycles.